The molecule has 0 unspecified atom stereocenters. The Bertz CT molecular complexity index is 645. The van der Waals surface area contributed by atoms with E-state index in [-0.39, 0.29) is 5.57 Å². The molecule has 0 bridgehead atoms. The maximum atomic E-state index is 11.0. The number of carbonyl (C=O) groups excluding carboxylic acids is 1. The lowest BCUT2D eigenvalue weighted by Gasteiger charge is -2.04. The van der Waals surface area contributed by atoms with Crippen molar-refractivity contribution in [3.8, 4) is 0 Å². The largest absolute Gasteiger partial charge is 0.478 e. The van der Waals surface area contributed by atoms with Crippen LogP contribution in [0.5, 0.6) is 0 Å². The summed E-state index contributed by atoms with van der Waals surface area (Å²) in [6, 6.07) is 0. The molecule has 0 rings (SSSR count). The third kappa shape index (κ3) is 27.4. The van der Waals surface area contributed by atoms with Crippen LogP contribution in [0.1, 0.15) is 98.3 Å². The van der Waals surface area contributed by atoms with E-state index in [0.717, 1.165) is 69.1 Å². The van der Waals surface area contributed by atoms with Gasteiger partial charge in [-0.25, -0.2) is 19.2 Å². The van der Waals surface area contributed by atoms with Crippen LogP contribution in [0.4, 0.5) is 0 Å². The molecule has 0 aromatic rings. The van der Waals surface area contributed by atoms with Crippen molar-refractivity contribution in [3.63, 3.8) is 0 Å². The Morgan fingerprint density at radius 2 is 1.18 bits per heavy atom. The van der Waals surface area contributed by atoms with E-state index in [2.05, 4.69) is 27.7 Å². The highest BCUT2D eigenvalue weighted by molar-refractivity contribution is 5.94. The molecule has 0 spiro atoms. The average Bonchev–Trinajstić information content (AvgIpc) is 2.72. The van der Waals surface area contributed by atoms with Crippen molar-refractivity contribution in [2.45, 2.75) is 98.3 Å². The van der Waals surface area contributed by atoms with Gasteiger partial charge in [-0.3, -0.25) is 0 Å². The van der Waals surface area contributed by atoms with Crippen LogP contribution in [0, 0.1) is 11.8 Å². The molecule has 0 atom stereocenters. The third-order valence-electron chi connectivity index (χ3n) is 4.83. The molecule has 0 saturated heterocycles. The van der Waals surface area contributed by atoms with Gasteiger partial charge in [-0.1, -0.05) is 79.1 Å². The molecule has 0 aliphatic carbocycles. The number of carboxylic acid groups (broad SMARTS) is 3. The Hall–Kier alpha value is -2.64. The lowest BCUT2D eigenvalue weighted by molar-refractivity contribution is -0.138. The van der Waals surface area contributed by atoms with Crippen LogP contribution in [0.3, 0.4) is 0 Å². The van der Waals surface area contributed by atoms with Crippen molar-refractivity contribution in [3.05, 3.63) is 23.8 Å². The molecule has 0 radical (unpaired) electrons. The maximum absolute atomic E-state index is 11.0. The van der Waals surface area contributed by atoms with Gasteiger partial charge in [0, 0.05) is 23.8 Å². The third-order valence-corrected chi connectivity index (χ3v) is 4.83. The van der Waals surface area contributed by atoms with Gasteiger partial charge in [0.25, 0.3) is 0 Å². The zero-order chi connectivity index (χ0) is 26.4. The Kier molecular flexibility index (Phi) is 21.9. The van der Waals surface area contributed by atoms with Gasteiger partial charge >= 0.3 is 23.9 Å². The topological polar surface area (TPSA) is 138 Å². The predicted molar refractivity (Wildman–Crippen MR) is 132 cm³/mol. The average molecular weight is 485 g/mol. The number of unbranched alkanes of at least 4 members (excludes halogenated alkanes) is 6. The fourth-order valence-electron chi connectivity index (χ4n) is 2.98. The van der Waals surface area contributed by atoms with Crippen LogP contribution in [0.2, 0.25) is 0 Å². The number of hydrogen-bond acceptors (Lipinski definition) is 5. The van der Waals surface area contributed by atoms with Gasteiger partial charge in [0.1, 0.15) is 0 Å². The molecule has 8 heteroatoms. The number of aliphatic carboxylic acids is 3. The highest BCUT2D eigenvalue weighted by Gasteiger charge is 2.08. The Balaban J connectivity index is 0. The van der Waals surface area contributed by atoms with Gasteiger partial charge in [0.2, 0.25) is 0 Å². The standard InChI is InChI=1S/2C13H22O4/c1-11(2)7-5-3-4-6-10-17-13(16)9-8-12(14)15;1-10(2)7-5-3-4-6-8-11(13(16)17)9-12(14)15/h8-9,11H,3-7,10H2,1-2H3,(H,14,15);9-10H,3-8H2,1-2H3,(H,14,15)(H,16,17)/b9-8-;11-9-. The molecule has 34 heavy (non-hydrogen) atoms. The van der Waals surface area contributed by atoms with Crippen LogP contribution in [-0.4, -0.2) is 45.8 Å². The molecule has 0 aromatic carbocycles. The summed E-state index contributed by atoms with van der Waals surface area (Å²) in [5, 5.41) is 25.5. The SMILES string of the molecule is CC(C)CCCCCC/C(=C/C(=O)O)C(=O)O.CC(C)CCCCCCOC(=O)/C=C\C(=O)O. The number of carboxylic acids is 3. The molecule has 0 fully saturated rings. The predicted octanol–water partition coefficient (Wildman–Crippen LogP) is 5.86. The first-order chi connectivity index (χ1) is 16.0. The minimum absolute atomic E-state index is 0.0126. The summed E-state index contributed by atoms with van der Waals surface area (Å²) < 4.78 is 4.83. The number of hydrogen-bond donors (Lipinski definition) is 3. The van der Waals surface area contributed by atoms with Gasteiger partial charge < -0.3 is 20.1 Å². The summed E-state index contributed by atoms with van der Waals surface area (Å²) in [6.45, 7) is 9.13. The Morgan fingerprint density at radius 1 is 0.676 bits per heavy atom. The zero-order valence-corrected chi connectivity index (χ0v) is 21.3. The minimum Gasteiger partial charge on any atom is -0.478 e. The van der Waals surface area contributed by atoms with E-state index in [9.17, 15) is 19.2 Å². The van der Waals surface area contributed by atoms with Crippen LogP contribution in [0.25, 0.3) is 0 Å². The highest BCUT2D eigenvalue weighted by atomic mass is 16.5. The molecule has 8 nitrogen and oxygen atoms in total. The summed E-state index contributed by atoms with van der Waals surface area (Å²) >= 11 is 0. The fourth-order valence-corrected chi connectivity index (χ4v) is 2.98. The monoisotopic (exact) mass is 484 g/mol. The van der Waals surface area contributed by atoms with Crippen molar-refractivity contribution in [2.75, 3.05) is 6.61 Å². The van der Waals surface area contributed by atoms with E-state index in [1.165, 1.54) is 19.3 Å². The summed E-state index contributed by atoms with van der Waals surface area (Å²) in [5.74, 6) is -2.60. The molecule has 0 aromatic heterocycles. The lowest BCUT2D eigenvalue weighted by atomic mass is 10.0. The van der Waals surface area contributed by atoms with E-state index < -0.39 is 23.9 Å². The van der Waals surface area contributed by atoms with Gasteiger partial charge in [-0.2, -0.15) is 0 Å². The Morgan fingerprint density at radius 3 is 1.62 bits per heavy atom. The summed E-state index contributed by atoms with van der Waals surface area (Å²) in [5.41, 5.74) is -0.0126. The van der Waals surface area contributed by atoms with E-state index in [1.54, 1.807) is 0 Å². The van der Waals surface area contributed by atoms with Crippen molar-refractivity contribution < 1.29 is 39.2 Å². The Labute approximate surface area is 204 Å². The number of ether oxygens (including phenoxy) is 1. The van der Waals surface area contributed by atoms with Crippen molar-refractivity contribution in [1.82, 2.24) is 0 Å². The second-order valence-corrected chi connectivity index (χ2v) is 9.10. The summed E-state index contributed by atoms with van der Waals surface area (Å²) in [4.78, 5) is 42.2. The van der Waals surface area contributed by atoms with Crippen molar-refractivity contribution in [2.24, 2.45) is 11.8 Å². The number of esters is 1. The quantitative estimate of drug-likeness (QED) is 0.125. The van der Waals surface area contributed by atoms with Crippen LogP contribution in [-0.2, 0) is 23.9 Å². The van der Waals surface area contributed by atoms with E-state index in [0.29, 0.717) is 18.9 Å². The zero-order valence-electron chi connectivity index (χ0n) is 21.3. The van der Waals surface area contributed by atoms with Gasteiger partial charge in [-0.05, 0) is 31.1 Å². The first kappa shape index (κ1) is 33.5. The van der Waals surface area contributed by atoms with Crippen molar-refractivity contribution in [1.29, 1.82) is 0 Å². The molecule has 0 heterocycles. The summed E-state index contributed by atoms with van der Waals surface area (Å²) in [7, 11) is 0. The number of carbonyl (C=O) groups is 4. The van der Waals surface area contributed by atoms with E-state index in [4.69, 9.17) is 20.1 Å². The molecule has 0 amide bonds. The normalized spacial score (nSPS) is 11.4. The van der Waals surface area contributed by atoms with Crippen molar-refractivity contribution >= 4 is 23.9 Å². The smallest absolute Gasteiger partial charge is 0.331 e. The first-order valence-corrected chi connectivity index (χ1v) is 12.2. The second kappa shape index (κ2) is 22.2. The number of rotatable bonds is 18. The highest BCUT2D eigenvalue weighted by Crippen LogP contribution is 2.13. The van der Waals surface area contributed by atoms with Gasteiger partial charge in [0.15, 0.2) is 0 Å². The molecule has 3 N–H and O–H groups in total. The van der Waals surface area contributed by atoms with E-state index in [1.807, 2.05) is 0 Å². The van der Waals surface area contributed by atoms with Crippen LogP contribution < -0.4 is 0 Å². The fraction of sp³-hybridized carbons (Fsp3) is 0.692. The molecule has 0 aliphatic rings. The minimum atomic E-state index is -1.19. The van der Waals surface area contributed by atoms with Gasteiger partial charge in [0.05, 0.1) is 6.61 Å². The molecular weight excluding hydrogens is 440 g/mol. The van der Waals surface area contributed by atoms with Crippen LogP contribution >= 0.6 is 0 Å². The van der Waals surface area contributed by atoms with E-state index >= 15 is 0 Å². The molecule has 196 valence electrons. The lowest BCUT2D eigenvalue weighted by Crippen LogP contribution is -2.04. The van der Waals surface area contributed by atoms with Gasteiger partial charge in [-0.15, -0.1) is 0 Å². The van der Waals surface area contributed by atoms with Crippen LogP contribution in [0.15, 0.2) is 23.8 Å². The summed E-state index contributed by atoms with van der Waals surface area (Å²) in [6.07, 6.45) is 13.4. The first-order valence-electron chi connectivity index (χ1n) is 12.2. The molecule has 0 aliphatic heterocycles. The molecule has 0 saturated carbocycles. The maximum Gasteiger partial charge on any atom is 0.331 e. The second-order valence-electron chi connectivity index (χ2n) is 9.10. The molecular formula is C26H44O8.